The second-order valence-electron chi connectivity index (χ2n) is 3.55. The molecule has 0 bridgehead atoms. The Kier molecular flexibility index (Phi) is 8.63. The van der Waals surface area contributed by atoms with Crippen LogP contribution in [0.1, 0.15) is 19.3 Å². The number of carbonyl (C=O) groups is 4. The highest BCUT2D eigenvalue weighted by molar-refractivity contribution is 7.80. The zero-order valence-electron chi connectivity index (χ0n) is 9.85. The van der Waals surface area contributed by atoms with Crippen molar-refractivity contribution < 1.29 is 19.2 Å². The number of aldehydes is 1. The molecule has 0 aliphatic rings. The predicted molar refractivity (Wildman–Crippen MR) is 67.9 cm³/mol. The molecule has 0 saturated carbocycles. The maximum absolute atomic E-state index is 11.5. The van der Waals surface area contributed by atoms with Gasteiger partial charge < -0.3 is 21.2 Å². The number of nitrogens with two attached hydrogens (primary N) is 1. The van der Waals surface area contributed by atoms with Crippen molar-refractivity contribution in [2.24, 2.45) is 5.73 Å². The molecule has 0 heterocycles. The topological polar surface area (TPSA) is 118 Å². The number of nitrogens with one attached hydrogen (secondary N) is 2. The van der Waals surface area contributed by atoms with Gasteiger partial charge in [0.05, 0.1) is 6.54 Å². The van der Waals surface area contributed by atoms with E-state index in [-0.39, 0.29) is 24.6 Å². The van der Waals surface area contributed by atoms with Crippen molar-refractivity contribution in [1.29, 1.82) is 0 Å². The lowest BCUT2D eigenvalue weighted by atomic mass is 10.2. The third kappa shape index (κ3) is 7.66. The van der Waals surface area contributed by atoms with Crippen molar-refractivity contribution >= 4 is 36.6 Å². The number of carbonyl (C=O) groups excluding carboxylic acids is 4. The lowest BCUT2D eigenvalue weighted by Gasteiger charge is -2.15. The number of thiol groups is 1. The summed E-state index contributed by atoms with van der Waals surface area (Å²) in [4.78, 5) is 43.5. The fourth-order valence-corrected chi connectivity index (χ4v) is 1.36. The van der Waals surface area contributed by atoms with E-state index in [1.54, 1.807) is 0 Å². The predicted octanol–water partition coefficient (Wildman–Crippen LogP) is -1.63. The minimum Gasteiger partial charge on any atom is -0.368 e. The summed E-state index contributed by atoms with van der Waals surface area (Å²) < 4.78 is 0. The van der Waals surface area contributed by atoms with Gasteiger partial charge in [0.25, 0.3) is 0 Å². The van der Waals surface area contributed by atoms with E-state index in [2.05, 4.69) is 23.3 Å². The van der Waals surface area contributed by atoms with Gasteiger partial charge in [-0.05, 0) is 6.42 Å². The van der Waals surface area contributed by atoms with Crippen LogP contribution in [0, 0.1) is 0 Å². The monoisotopic (exact) mass is 275 g/mol. The Morgan fingerprint density at radius 2 is 2.00 bits per heavy atom. The molecule has 0 aliphatic carbocycles. The van der Waals surface area contributed by atoms with E-state index in [0.717, 1.165) is 6.29 Å². The van der Waals surface area contributed by atoms with Crippen molar-refractivity contribution in [2.45, 2.75) is 25.3 Å². The second kappa shape index (κ2) is 9.46. The number of amides is 3. The number of primary amides is 1. The van der Waals surface area contributed by atoms with Crippen LogP contribution in [-0.4, -0.2) is 42.3 Å². The van der Waals surface area contributed by atoms with E-state index in [1.165, 1.54) is 0 Å². The van der Waals surface area contributed by atoms with Gasteiger partial charge in [0, 0.05) is 18.6 Å². The summed E-state index contributed by atoms with van der Waals surface area (Å²) in [7, 11) is 0. The summed E-state index contributed by atoms with van der Waals surface area (Å²) in [5, 5.41) is 4.73. The van der Waals surface area contributed by atoms with Gasteiger partial charge in [-0.1, -0.05) is 0 Å². The smallest absolute Gasteiger partial charge is 0.243 e. The molecular weight excluding hydrogens is 258 g/mol. The fraction of sp³-hybridized carbons (Fsp3) is 0.600. The Labute approximate surface area is 110 Å². The van der Waals surface area contributed by atoms with Crippen molar-refractivity contribution in [3.8, 4) is 0 Å². The van der Waals surface area contributed by atoms with Gasteiger partial charge in [-0.25, -0.2) is 0 Å². The Morgan fingerprint density at radius 1 is 1.33 bits per heavy atom. The van der Waals surface area contributed by atoms with Crippen molar-refractivity contribution in [3.05, 3.63) is 0 Å². The van der Waals surface area contributed by atoms with Gasteiger partial charge >= 0.3 is 0 Å². The third-order valence-corrected chi connectivity index (χ3v) is 2.36. The highest BCUT2D eigenvalue weighted by atomic mass is 32.1. The molecular formula is C10H17N3O4S. The van der Waals surface area contributed by atoms with Gasteiger partial charge in [0.15, 0.2) is 0 Å². The Hall–Kier alpha value is -1.57. The quantitative estimate of drug-likeness (QED) is 0.229. The molecule has 3 amide bonds. The second-order valence-corrected chi connectivity index (χ2v) is 3.91. The average Bonchev–Trinajstić information content (AvgIpc) is 2.33. The lowest BCUT2D eigenvalue weighted by Crippen LogP contribution is -2.49. The zero-order chi connectivity index (χ0) is 14.0. The van der Waals surface area contributed by atoms with E-state index in [1.807, 2.05) is 0 Å². The van der Waals surface area contributed by atoms with E-state index < -0.39 is 17.9 Å². The van der Waals surface area contributed by atoms with Gasteiger partial charge in [-0.3, -0.25) is 14.4 Å². The van der Waals surface area contributed by atoms with E-state index in [4.69, 9.17) is 5.73 Å². The van der Waals surface area contributed by atoms with E-state index in [9.17, 15) is 19.2 Å². The summed E-state index contributed by atoms with van der Waals surface area (Å²) in [5.41, 5.74) is 4.87. The molecule has 0 spiro atoms. The van der Waals surface area contributed by atoms with Crippen LogP contribution in [0.25, 0.3) is 0 Å². The number of unbranched alkanes of at least 4 members (excludes halogenated alkanes) is 1. The molecule has 1 unspecified atom stereocenters. The van der Waals surface area contributed by atoms with Crippen LogP contribution in [0.2, 0.25) is 0 Å². The Bertz CT molecular complexity index is 322. The highest BCUT2D eigenvalue weighted by Crippen LogP contribution is 1.95. The Balaban J connectivity index is 4.07. The standard InChI is InChI=1S/C10H17N3O4S/c11-8(15)5-12-10(17)7(6-18)13-9(16)3-1-2-4-14/h4,7,18H,1-3,5-6H2,(H2,11,15)(H,12,17)(H,13,16). The maximum atomic E-state index is 11.5. The van der Waals surface area contributed by atoms with Crippen molar-refractivity contribution in [3.63, 3.8) is 0 Å². The van der Waals surface area contributed by atoms with E-state index >= 15 is 0 Å². The number of hydrogen-bond acceptors (Lipinski definition) is 5. The molecule has 0 rings (SSSR count). The minimum atomic E-state index is -0.823. The van der Waals surface area contributed by atoms with Gasteiger partial charge in [-0.2, -0.15) is 12.6 Å². The largest absolute Gasteiger partial charge is 0.368 e. The molecule has 0 aromatic carbocycles. The van der Waals surface area contributed by atoms with Crippen molar-refractivity contribution in [2.75, 3.05) is 12.3 Å². The van der Waals surface area contributed by atoms with Crippen LogP contribution in [0.15, 0.2) is 0 Å². The fourth-order valence-electron chi connectivity index (χ4n) is 1.10. The summed E-state index contributed by atoms with van der Waals surface area (Å²) in [6.07, 6.45) is 1.61. The van der Waals surface area contributed by atoms with Crippen molar-refractivity contribution in [1.82, 2.24) is 10.6 Å². The first kappa shape index (κ1) is 16.4. The minimum absolute atomic E-state index is 0.101. The van der Waals surface area contributed by atoms with Gasteiger partial charge in [0.2, 0.25) is 17.7 Å². The molecule has 0 fully saturated rings. The first-order valence-corrected chi connectivity index (χ1v) is 6.04. The zero-order valence-corrected chi connectivity index (χ0v) is 10.7. The molecule has 1 atom stereocenters. The first-order valence-electron chi connectivity index (χ1n) is 5.41. The summed E-state index contributed by atoms with van der Waals surface area (Å²) >= 11 is 3.94. The van der Waals surface area contributed by atoms with Gasteiger partial charge in [0.1, 0.15) is 12.3 Å². The first-order chi connectivity index (χ1) is 8.51. The van der Waals surface area contributed by atoms with Crippen LogP contribution in [0.4, 0.5) is 0 Å². The molecule has 4 N–H and O–H groups in total. The number of hydrogen-bond donors (Lipinski definition) is 4. The maximum Gasteiger partial charge on any atom is 0.243 e. The lowest BCUT2D eigenvalue weighted by molar-refractivity contribution is -0.129. The molecule has 0 radical (unpaired) electrons. The molecule has 102 valence electrons. The number of rotatable bonds is 9. The average molecular weight is 275 g/mol. The van der Waals surface area contributed by atoms with Gasteiger partial charge in [-0.15, -0.1) is 0 Å². The molecule has 0 saturated heterocycles. The van der Waals surface area contributed by atoms with Crippen LogP contribution >= 0.6 is 12.6 Å². The van der Waals surface area contributed by atoms with E-state index in [0.29, 0.717) is 12.8 Å². The molecule has 0 aliphatic heterocycles. The summed E-state index contributed by atoms with van der Waals surface area (Å²) in [5.74, 6) is -1.43. The summed E-state index contributed by atoms with van der Waals surface area (Å²) in [6.45, 7) is -0.288. The molecule has 0 aromatic heterocycles. The van der Waals surface area contributed by atoms with Crippen LogP contribution in [0.5, 0.6) is 0 Å². The summed E-state index contributed by atoms with van der Waals surface area (Å²) in [6, 6.07) is -0.823. The molecule has 18 heavy (non-hydrogen) atoms. The molecule has 8 heteroatoms. The highest BCUT2D eigenvalue weighted by Gasteiger charge is 2.18. The normalized spacial score (nSPS) is 11.4. The van der Waals surface area contributed by atoms with Crippen LogP contribution < -0.4 is 16.4 Å². The van der Waals surface area contributed by atoms with Crippen LogP contribution in [0.3, 0.4) is 0 Å². The molecule has 7 nitrogen and oxygen atoms in total. The third-order valence-electron chi connectivity index (χ3n) is 2.00. The Morgan fingerprint density at radius 3 is 2.50 bits per heavy atom. The SMILES string of the molecule is NC(=O)CNC(=O)C(CS)NC(=O)CCCC=O. The van der Waals surface area contributed by atoms with Crippen LogP contribution in [-0.2, 0) is 19.2 Å². The molecule has 0 aromatic rings.